The monoisotopic (exact) mass is 336 g/mol. The van der Waals surface area contributed by atoms with Gasteiger partial charge < -0.3 is 10.6 Å². The number of carbonyl (C=O) groups is 1. The molecule has 0 radical (unpaired) electrons. The van der Waals surface area contributed by atoms with Crippen molar-refractivity contribution in [3.05, 3.63) is 24.3 Å². The van der Waals surface area contributed by atoms with Gasteiger partial charge in [-0.1, -0.05) is 18.9 Å². The maximum atomic E-state index is 12.6. The largest absolute Gasteiger partial charge is 0.335 e. The molecule has 5 nitrogen and oxygen atoms in total. The smallest absolute Gasteiger partial charge is 0.319 e. The van der Waals surface area contributed by atoms with Gasteiger partial charge in [-0.3, -0.25) is 0 Å². The molecule has 1 aromatic carbocycles. The molecule has 0 unspecified atom stereocenters. The van der Waals surface area contributed by atoms with E-state index in [1.165, 1.54) is 0 Å². The fourth-order valence-corrected chi connectivity index (χ4v) is 5.13. The van der Waals surface area contributed by atoms with Gasteiger partial charge in [0.15, 0.2) is 9.84 Å². The lowest BCUT2D eigenvalue weighted by Gasteiger charge is -2.15. The minimum absolute atomic E-state index is 0.153. The Morgan fingerprint density at radius 3 is 2.52 bits per heavy atom. The Labute approximate surface area is 137 Å². The van der Waals surface area contributed by atoms with E-state index in [-0.39, 0.29) is 17.3 Å². The van der Waals surface area contributed by atoms with Gasteiger partial charge in [-0.2, -0.15) is 0 Å². The van der Waals surface area contributed by atoms with Crippen LogP contribution in [-0.4, -0.2) is 25.7 Å². The van der Waals surface area contributed by atoms with Gasteiger partial charge in [0.05, 0.1) is 10.1 Å². The van der Waals surface area contributed by atoms with Crippen molar-refractivity contribution in [2.45, 2.75) is 61.6 Å². The van der Waals surface area contributed by atoms with Crippen molar-refractivity contribution >= 4 is 21.6 Å². The van der Waals surface area contributed by atoms with Gasteiger partial charge in [-0.15, -0.1) is 0 Å². The molecular formula is C17H24N2O3S. The maximum Gasteiger partial charge on any atom is 0.319 e. The molecule has 2 aliphatic carbocycles. The molecule has 0 aromatic heterocycles. The molecule has 2 saturated carbocycles. The highest BCUT2D eigenvalue weighted by Crippen LogP contribution is 2.32. The number of rotatable bonds is 5. The van der Waals surface area contributed by atoms with Crippen LogP contribution in [0.3, 0.4) is 0 Å². The van der Waals surface area contributed by atoms with E-state index in [4.69, 9.17) is 0 Å². The van der Waals surface area contributed by atoms with Crippen LogP contribution in [0.25, 0.3) is 0 Å². The summed E-state index contributed by atoms with van der Waals surface area (Å²) in [4.78, 5) is 12.3. The van der Waals surface area contributed by atoms with Crippen LogP contribution in [0.4, 0.5) is 10.5 Å². The zero-order chi connectivity index (χ0) is 16.4. The van der Waals surface area contributed by atoms with Crippen molar-refractivity contribution in [1.29, 1.82) is 0 Å². The summed E-state index contributed by atoms with van der Waals surface area (Å²) in [5.74, 6) is 0.579. The van der Waals surface area contributed by atoms with E-state index in [2.05, 4.69) is 10.6 Å². The van der Waals surface area contributed by atoms with E-state index < -0.39 is 9.84 Å². The number of nitrogens with one attached hydrogen (secondary N) is 2. The van der Waals surface area contributed by atoms with Crippen LogP contribution in [0.15, 0.2) is 29.2 Å². The predicted octanol–water partition coefficient (Wildman–Crippen LogP) is 3.32. The molecule has 126 valence electrons. The first-order valence-electron chi connectivity index (χ1n) is 8.38. The Balaban J connectivity index is 1.68. The first-order valence-corrected chi connectivity index (χ1v) is 9.93. The summed E-state index contributed by atoms with van der Waals surface area (Å²) in [6.07, 6.45) is 5.75. The van der Waals surface area contributed by atoms with Crippen LogP contribution >= 0.6 is 0 Å². The van der Waals surface area contributed by atoms with Crippen LogP contribution in [0.2, 0.25) is 0 Å². The number of carbonyl (C=O) groups excluding carboxylic acids is 1. The highest BCUT2D eigenvalue weighted by molar-refractivity contribution is 7.92. The van der Waals surface area contributed by atoms with E-state index in [9.17, 15) is 13.2 Å². The van der Waals surface area contributed by atoms with Crippen LogP contribution in [0.1, 0.15) is 45.4 Å². The maximum absolute atomic E-state index is 12.6. The molecule has 2 amide bonds. The van der Waals surface area contributed by atoms with E-state index in [0.29, 0.717) is 16.5 Å². The molecule has 3 rings (SSSR count). The number of sulfone groups is 1. The molecule has 6 heteroatoms. The number of anilines is 1. The Bertz CT molecular complexity index is 677. The summed E-state index contributed by atoms with van der Waals surface area (Å²) in [6, 6.07) is 6.45. The molecule has 0 aliphatic heterocycles. The number of hydrogen-bond acceptors (Lipinski definition) is 3. The Morgan fingerprint density at radius 2 is 1.87 bits per heavy atom. The first kappa shape index (κ1) is 16.3. The van der Waals surface area contributed by atoms with Crippen LogP contribution in [-0.2, 0) is 9.84 Å². The lowest BCUT2D eigenvalue weighted by atomic mass is 10.2. The molecule has 1 atom stereocenters. The molecule has 23 heavy (non-hydrogen) atoms. The normalized spacial score (nSPS) is 20.2. The summed E-state index contributed by atoms with van der Waals surface area (Å²) < 4.78 is 25.2. The van der Waals surface area contributed by atoms with E-state index in [1.807, 2.05) is 6.92 Å². The second-order valence-corrected chi connectivity index (χ2v) is 8.93. The Morgan fingerprint density at radius 1 is 1.17 bits per heavy atom. The summed E-state index contributed by atoms with van der Waals surface area (Å²) in [5, 5.41) is 5.37. The quantitative estimate of drug-likeness (QED) is 0.866. The molecule has 2 aliphatic rings. The average molecular weight is 336 g/mol. The molecule has 0 bridgehead atoms. The highest BCUT2D eigenvalue weighted by Gasteiger charge is 2.31. The van der Waals surface area contributed by atoms with Crippen molar-refractivity contribution in [1.82, 2.24) is 5.32 Å². The van der Waals surface area contributed by atoms with Gasteiger partial charge in [-0.25, -0.2) is 13.2 Å². The van der Waals surface area contributed by atoms with E-state index in [1.54, 1.807) is 24.3 Å². The topological polar surface area (TPSA) is 75.3 Å². The van der Waals surface area contributed by atoms with Crippen molar-refractivity contribution in [3.63, 3.8) is 0 Å². The second-order valence-electron chi connectivity index (χ2n) is 6.70. The van der Waals surface area contributed by atoms with Gasteiger partial charge in [0.1, 0.15) is 0 Å². The minimum Gasteiger partial charge on any atom is -0.335 e. The second kappa shape index (κ2) is 6.51. The van der Waals surface area contributed by atoms with Gasteiger partial charge in [-0.05, 0) is 56.7 Å². The summed E-state index contributed by atoms with van der Waals surface area (Å²) in [5.41, 5.74) is 0.518. The third kappa shape index (κ3) is 3.86. The minimum atomic E-state index is -3.30. The Kier molecular flexibility index (Phi) is 4.62. The molecule has 0 saturated heterocycles. The van der Waals surface area contributed by atoms with Crippen molar-refractivity contribution in [2.24, 2.45) is 5.92 Å². The molecular weight excluding hydrogens is 312 g/mol. The summed E-state index contributed by atoms with van der Waals surface area (Å²) in [6.45, 7) is 2.00. The molecule has 2 N–H and O–H groups in total. The number of hydrogen-bond donors (Lipinski definition) is 2. The zero-order valence-electron chi connectivity index (χ0n) is 13.4. The SMILES string of the molecule is C[C@@H](NC(=O)Nc1cccc(S(=O)(=O)C2CCCC2)c1)C1CC1. The van der Waals surface area contributed by atoms with E-state index in [0.717, 1.165) is 38.5 Å². The first-order chi connectivity index (χ1) is 11.0. The van der Waals surface area contributed by atoms with Crippen LogP contribution < -0.4 is 10.6 Å². The third-order valence-electron chi connectivity index (χ3n) is 4.85. The molecule has 2 fully saturated rings. The van der Waals surface area contributed by atoms with Crippen molar-refractivity contribution in [3.8, 4) is 0 Å². The van der Waals surface area contributed by atoms with Crippen molar-refractivity contribution in [2.75, 3.05) is 5.32 Å². The van der Waals surface area contributed by atoms with Gasteiger partial charge >= 0.3 is 6.03 Å². The summed E-state index contributed by atoms with van der Waals surface area (Å²) in [7, 11) is -3.30. The number of benzene rings is 1. The van der Waals surface area contributed by atoms with Gasteiger partial charge in [0.2, 0.25) is 0 Å². The summed E-state index contributed by atoms with van der Waals surface area (Å²) >= 11 is 0. The lowest BCUT2D eigenvalue weighted by molar-refractivity contribution is 0.248. The predicted molar refractivity (Wildman–Crippen MR) is 90.2 cm³/mol. The molecule has 0 heterocycles. The fraction of sp³-hybridized carbons (Fsp3) is 0.588. The van der Waals surface area contributed by atoms with Crippen LogP contribution in [0, 0.1) is 5.92 Å². The standard InChI is InChI=1S/C17H24N2O3S/c1-12(13-9-10-13)18-17(20)19-14-5-4-8-16(11-14)23(21,22)15-6-2-3-7-15/h4-5,8,11-13,15H,2-3,6-7,9-10H2,1H3,(H2,18,19,20)/t12-/m1/s1. The number of urea groups is 1. The number of amides is 2. The van der Waals surface area contributed by atoms with Gasteiger partial charge in [0, 0.05) is 11.7 Å². The van der Waals surface area contributed by atoms with Crippen molar-refractivity contribution < 1.29 is 13.2 Å². The third-order valence-corrected chi connectivity index (χ3v) is 7.11. The van der Waals surface area contributed by atoms with Crippen LogP contribution in [0.5, 0.6) is 0 Å². The lowest BCUT2D eigenvalue weighted by Crippen LogP contribution is -2.37. The molecule has 0 spiro atoms. The van der Waals surface area contributed by atoms with Gasteiger partial charge in [0.25, 0.3) is 0 Å². The Hall–Kier alpha value is -1.56. The fourth-order valence-electron chi connectivity index (χ4n) is 3.23. The van der Waals surface area contributed by atoms with E-state index >= 15 is 0 Å². The zero-order valence-corrected chi connectivity index (χ0v) is 14.2. The average Bonchev–Trinajstić information content (AvgIpc) is 3.21. The highest BCUT2D eigenvalue weighted by atomic mass is 32.2. The molecule has 1 aromatic rings.